The van der Waals surface area contributed by atoms with Gasteiger partial charge in [0.25, 0.3) is 0 Å². The van der Waals surface area contributed by atoms with Crippen LogP contribution >= 0.6 is 0 Å². The standard InChI is InChI=1S/C58H39NO/c1-2-11-40(12-3-1)46-15-10-16-47(37-46)43-29-33-51(34-30-43)59(52-35-36-55-48(38-52)26-25-44-13-4-6-17-53(44)55)50-31-27-42(28-32-50)41-21-23-45(24-22-41)54-18-7-8-19-56(54)58-39-49-14-5-9-20-57(49)60-58/h1-39H. The molecule has 0 saturated carbocycles. The largest absolute Gasteiger partial charge is 0.456 e. The molecule has 11 aromatic rings. The van der Waals surface area contributed by atoms with Crippen LogP contribution in [0.2, 0.25) is 0 Å². The third-order valence-electron chi connectivity index (χ3n) is 11.7. The number of nitrogens with zero attached hydrogens (tertiary/aromatic N) is 1. The summed E-state index contributed by atoms with van der Waals surface area (Å²) in [6.45, 7) is 0. The topological polar surface area (TPSA) is 16.4 Å². The van der Waals surface area contributed by atoms with Crippen LogP contribution in [0.1, 0.15) is 0 Å². The Morgan fingerprint density at radius 3 is 1.48 bits per heavy atom. The van der Waals surface area contributed by atoms with Gasteiger partial charge in [-0.3, -0.25) is 0 Å². The molecule has 60 heavy (non-hydrogen) atoms. The monoisotopic (exact) mass is 765 g/mol. The Kier molecular flexibility index (Phi) is 8.87. The maximum atomic E-state index is 6.28. The van der Waals surface area contributed by atoms with Crippen LogP contribution in [0, 0.1) is 0 Å². The van der Waals surface area contributed by atoms with E-state index in [1.54, 1.807) is 0 Å². The number of fused-ring (bicyclic) bond motifs is 4. The van der Waals surface area contributed by atoms with Crippen molar-refractivity contribution in [2.45, 2.75) is 0 Å². The van der Waals surface area contributed by atoms with E-state index in [4.69, 9.17) is 4.42 Å². The van der Waals surface area contributed by atoms with Crippen LogP contribution in [-0.4, -0.2) is 0 Å². The fourth-order valence-corrected chi connectivity index (χ4v) is 8.61. The Morgan fingerprint density at radius 2 is 0.767 bits per heavy atom. The van der Waals surface area contributed by atoms with Crippen molar-refractivity contribution in [1.82, 2.24) is 0 Å². The maximum Gasteiger partial charge on any atom is 0.136 e. The molecule has 0 aliphatic rings. The zero-order valence-corrected chi connectivity index (χ0v) is 32.9. The third kappa shape index (κ3) is 6.61. The van der Waals surface area contributed by atoms with Gasteiger partial charge in [-0.05, 0) is 121 Å². The van der Waals surface area contributed by atoms with Crippen LogP contribution in [0.15, 0.2) is 241 Å². The van der Waals surface area contributed by atoms with E-state index in [2.05, 4.69) is 223 Å². The van der Waals surface area contributed by atoms with Gasteiger partial charge < -0.3 is 9.32 Å². The molecule has 0 aliphatic heterocycles. The molecule has 0 spiro atoms. The van der Waals surface area contributed by atoms with Crippen LogP contribution in [-0.2, 0) is 0 Å². The molecule has 0 aliphatic carbocycles. The molecular formula is C58H39NO. The quantitative estimate of drug-likeness (QED) is 0.143. The molecule has 11 rings (SSSR count). The molecule has 2 heteroatoms. The summed E-state index contributed by atoms with van der Waals surface area (Å²) in [4.78, 5) is 2.36. The number of rotatable bonds is 8. The zero-order chi connectivity index (χ0) is 39.8. The average Bonchev–Trinajstić information content (AvgIpc) is 3.77. The minimum atomic E-state index is 0.877. The van der Waals surface area contributed by atoms with Crippen LogP contribution < -0.4 is 4.90 Å². The molecule has 10 aromatic carbocycles. The number of benzene rings is 10. The van der Waals surface area contributed by atoms with E-state index >= 15 is 0 Å². The molecule has 0 amide bonds. The van der Waals surface area contributed by atoms with Gasteiger partial charge in [-0.25, -0.2) is 0 Å². The van der Waals surface area contributed by atoms with Crippen molar-refractivity contribution in [3.63, 3.8) is 0 Å². The van der Waals surface area contributed by atoms with Crippen LogP contribution in [0.3, 0.4) is 0 Å². The van der Waals surface area contributed by atoms with E-state index in [1.807, 2.05) is 18.2 Å². The Labute approximate surface area is 349 Å². The van der Waals surface area contributed by atoms with Crippen molar-refractivity contribution < 1.29 is 4.42 Å². The molecule has 0 radical (unpaired) electrons. The van der Waals surface area contributed by atoms with Gasteiger partial charge in [0.2, 0.25) is 0 Å². The highest BCUT2D eigenvalue weighted by Gasteiger charge is 2.16. The third-order valence-corrected chi connectivity index (χ3v) is 11.7. The van der Waals surface area contributed by atoms with Gasteiger partial charge in [-0.2, -0.15) is 0 Å². The summed E-state index contributed by atoms with van der Waals surface area (Å²) < 4.78 is 6.28. The minimum Gasteiger partial charge on any atom is -0.456 e. The molecule has 0 N–H and O–H groups in total. The number of anilines is 3. The highest BCUT2D eigenvalue weighted by Crippen LogP contribution is 2.40. The van der Waals surface area contributed by atoms with Gasteiger partial charge in [0.05, 0.1) is 0 Å². The fraction of sp³-hybridized carbons (Fsp3) is 0. The Hall–Kier alpha value is -7.94. The van der Waals surface area contributed by atoms with Crippen molar-refractivity contribution in [2.24, 2.45) is 0 Å². The van der Waals surface area contributed by atoms with Crippen molar-refractivity contribution in [1.29, 1.82) is 0 Å². The van der Waals surface area contributed by atoms with Gasteiger partial charge >= 0.3 is 0 Å². The van der Waals surface area contributed by atoms with E-state index in [0.717, 1.165) is 61.6 Å². The lowest BCUT2D eigenvalue weighted by Crippen LogP contribution is -2.09. The lowest BCUT2D eigenvalue weighted by Gasteiger charge is -2.26. The first kappa shape index (κ1) is 35.2. The van der Waals surface area contributed by atoms with E-state index in [0.29, 0.717) is 0 Å². The normalized spacial score (nSPS) is 11.3. The zero-order valence-electron chi connectivity index (χ0n) is 32.9. The summed E-state index contributed by atoms with van der Waals surface area (Å²) in [7, 11) is 0. The highest BCUT2D eigenvalue weighted by molar-refractivity contribution is 6.08. The summed E-state index contributed by atoms with van der Waals surface area (Å²) in [6.07, 6.45) is 0. The smallest absolute Gasteiger partial charge is 0.136 e. The Bertz CT molecular complexity index is 3260. The predicted octanol–water partition coefficient (Wildman–Crippen LogP) is 16.5. The maximum absolute atomic E-state index is 6.28. The van der Waals surface area contributed by atoms with Crippen molar-refractivity contribution >= 4 is 49.6 Å². The number of hydrogen-bond acceptors (Lipinski definition) is 2. The lowest BCUT2D eigenvalue weighted by atomic mass is 9.95. The SMILES string of the molecule is c1ccc(-c2cccc(-c3ccc(N(c4ccc(-c5ccc(-c6ccccc6-c6cc7ccccc7o6)cc5)cc4)c4ccc5c(ccc6ccccc65)c4)cc3)c2)cc1. The Balaban J connectivity index is 0.932. The van der Waals surface area contributed by atoms with E-state index < -0.39 is 0 Å². The number of furan rings is 1. The minimum absolute atomic E-state index is 0.877. The van der Waals surface area contributed by atoms with Crippen LogP contribution in [0.25, 0.3) is 88.3 Å². The molecule has 282 valence electrons. The summed E-state index contributed by atoms with van der Waals surface area (Å²) in [5.41, 5.74) is 14.7. The average molecular weight is 766 g/mol. The second kappa shape index (κ2) is 15.1. The van der Waals surface area contributed by atoms with Gasteiger partial charge in [0.15, 0.2) is 0 Å². The first-order valence-corrected chi connectivity index (χ1v) is 20.5. The molecule has 1 aromatic heterocycles. The van der Waals surface area contributed by atoms with Crippen molar-refractivity contribution in [2.75, 3.05) is 4.90 Å². The summed E-state index contributed by atoms with van der Waals surface area (Å²) in [5.74, 6) is 0.877. The van der Waals surface area contributed by atoms with E-state index in [1.165, 1.54) is 43.8 Å². The summed E-state index contributed by atoms with van der Waals surface area (Å²) in [6, 6.07) is 84.8. The molecular weight excluding hydrogens is 727 g/mol. The first-order chi connectivity index (χ1) is 29.7. The fourth-order valence-electron chi connectivity index (χ4n) is 8.61. The highest BCUT2D eigenvalue weighted by atomic mass is 16.3. The summed E-state index contributed by atoms with van der Waals surface area (Å²) in [5, 5.41) is 6.09. The van der Waals surface area contributed by atoms with Crippen LogP contribution in [0.4, 0.5) is 17.1 Å². The second-order valence-corrected chi connectivity index (χ2v) is 15.3. The Morgan fingerprint density at radius 1 is 0.267 bits per heavy atom. The van der Waals surface area contributed by atoms with Gasteiger partial charge in [-0.15, -0.1) is 0 Å². The second-order valence-electron chi connectivity index (χ2n) is 15.3. The molecule has 1 heterocycles. The van der Waals surface area contributed by atoms with Gasteiger partial charge in [-0.1, -0.05) is 182 Å². The first-order valence-electron chi connectivity index (χ1n) is 20.5. The van der Waals surface area contributed by atoms with Crippen LogP contribution in [0.5, 0.6) is 0 Å². The summed E-state index contributed by atoms with van der Waals surface area (Å²) >= 11 is 0. The molecule has 0 bridgehead atoms. The van der Waals surface area contributed by atoms with Gasteiger partial charge in [0, 0.05) is 28.0 Å². The van der Waals surface area contributed by atoms with Crippen molar-refractivity contribution in [3.05, 3.63) is 237 Å². The molecule has 0 unspecified atom stereocenters. The van der Waals surface area contributed by atoms with E-state index in [9.17, 15) is 0 Å². The molecule has 0 saturated heterocycles. The number of hydrogen-bond donors (Lipinski definition) is 0. The molecule has 0 atom stereocenters. The molecule has 2 nitrogen and oxygen atoms in total. The van der Waals surface area contributed by atoms with Crippen molar-refractivity contribution in [3.8, 4) is 55.8 Å². The van der Waals surface area contributed by atoms with Gasteiger partial charge in [0.1, 0.15) is 11.3 Å². The lowest BCUT2D eigenvalue weighted by molar-refractivity contribution is 0.632. The van der Waals surface area contributed by atoms with E-state index in [-0.39, 0.29) is 0 Å². The molecule has 0 fully saturated rings. The number of para-hydroxylation sites is 1. The predicted molar refractivity (Wildman–Crippen MR) is 253 cm³/mol.